The Balaban J connectivity index is 0. The molecule has 1 nitrogen and oxygen atoms in total. The summed E-state index contributed by atoms with van der Waals surface area (Å²) in [5, 5.41) is 0. The van der Waals surface area contributed by atoms with E-state index in [0.717, 1.165) is 6.54 Å². The van der Waals surface area contributed by atoms with E-state index in [4.69, 9.17) is 0 Å². The SMILES string of the molecule is CCCCC(Br)C[NH3+].[Cl-]. The summed E-state index contributed by atoms with van der Waals surface area (Å²) in [7, 11) is 0. The third-order valence-corrected chi connectivity index (χ3v) is 2.10. The van der Waals surface area contributed by atoms with E-state index >= 15 is 0 Å². The van der Waals surface area contributed by atoms with Crippen LogP contribution < -0.4 is 18.1 Å². The molecule has 0 bridgehead atoms. The molecule has 0 aromatic heterocycles. The van der Waals surface area contributed by atoms with Gasteiger partial charge in [0.25, 0.3) is 0 Å². The zero-order chi connectivity index (χ0) is 6.41. The van der Waals surface area contributed by atoms with Crippen LogP contribution in [0.25, 0.3) is 0 Å². The predicted molar refractivity (Wildman–Crippen MR) is 40.0 cm³/mol. The van der Waals surface area contributed by atoms with E-state index in [2.05, 4.69) is 28.6 Å². The molecule has 58 valence electrons. The topological polar surface area (TPSA) is 27.6 Å². The Labute approximate surface area is 71.9 Å². The predicted octanol–water partition coefficient (Wildman–Crippen LogP) is -1.81. The van der Waals surface area contributed by atoms with Gasteiger partial charge in [-0.15, -0.1) is 0 Å². The molecular weight excluding hydrogens is 201 g/mol. The van der Waals surface area contributed by atoms with E-state index in [-0.39, 0.29) is 12.4 Å². The first-order valence-corrected chi connectivity index (χ1v) is 4.16. The van der Waals surface area contributed by atoms with Crippen molar-refractivity contribution in [1.82, 2.24) is 0 Å². The second-order valence-corrected chi connectivity index (χ2v) is 3.32. The maximum atomic E-state index is 3.79. The van der Waals surface area contributed by atoms with Crippen LogP contribution in [-0.2, 0) is 0 Å². The lowest BCUT2D eigenvalue weighted by Crippen LogP contribution is -3.00. The van der Waals surface area contributed by atoms with Crippen molar-refractivity contribution in [3.05, 3.63) is 0 Å². The van der Waals surface area contributed by atoms with Gasteiger partial charge in [-0.2, -0.15) is 0 Å². The summed E-state index contributed by atoms with van der Waals surface area (Å²) in [4.78, 5) is 0.655. The molecule has 0 aliphatic carbocycles. The van der Waals surface area contributed by atoms with Gasteiger partial charge < -0.3 is 18.1 Å². The fourth-order valence-electron chi connectivity index (χ4n) is 0.570. The Morgan fingerprint density at radius 1 is 1.56 bits per heavy atom. The van der Waals surface area contributed by atoms with Crippen LogP contribution in [-0.4, -0.2) is 11.4 Å². The fraction of sp³-hybridized carbons (Fsp3) is 1.00. The van der Waals surface area contributed by atoms with E-state index < -0.39 is 0 Å². The van der Waals surface area contributed by atoms with Gasteiger partial charge in [0.05, 0.1) is 11.4 Å². The first-order valence-electron chi connectivity index (χ1n) is 3.24. The summed E-state index contributed by atoms with van der Waals surface area (Å²) in [6, 6.07) is 0. The van der Waals surface area contributed by atoms with Crippen LogP contribution in [0.1, 0.15) is 26.2 Å². The Kier molecular flexibility index (Phi) is 12.0. The largest absolute Gasteiger partial charge is 1.00 e. The normalized spacial score (nSPS) is 12.3. The molecule has 0 aliphatic rings. The summed E-state index contributed by atoms with van der Waals surface area (Å²) in [5.74, 6) is 0. The second-order valence-electron chi connectivity index (χ2n) is 2.03. The maximum absolute atomic E-state index is 3.79. The molecule has 1 unspecified atom stereocenters. The number of halogens is 2. The van der Waals surface area contributed by atoms with Crippen LogP contribution >= 0.6 is 15.9 Å². The van der Waals surface area contributed by atoms with Crippen LogP contribution in [0.5, 0.6) is 0 Å². The first kappa shape index (κ1) is 12.4. The van der Waals surface area contributed by atoms with E-state index in [1.54, 1.807) is 0 Å². The Hall–Kier alpha value is 0.730. The van der Waals surface area contributed by atoms with E-state index in [0.29, 0.717) is 4.83 Å². The molecule has 0 radical (unpaired) electrons. The smallest absolute Gasteiger partial charge is 0.0866 e. The van der Waals surface area contributed by atoms with Crippen molar-refractivity contribution in [2.75, 3.05) is 6.54 Å². The highest BCUT2D eigenvalue weighted by Gasteiger charge is 1.99. The lowest BCUT2D eigenvalue weighted by Gasteiger charge is -2.00. The van der Waals surface area contributed by atoms with E-state index in [9.17, 15) is 0 Å². The number of alkyl halides is 1. The average Bonchev–Trinajstić information content (AvgIpc) is 1.83. The zero-order valence-electron chi connectivity index (χ0n) is 5.87. The summed E-state index contributed by atoms with van der Waals surface area (Å²) < 4.78 is 0. The van der Waals surface area contributed by atoms with Crippen LogP contribution in [0.15, 0.2) is 0 Å². The highest BCUT2D eigenvalue weighted by Crippen LogP contribution is 2.06. The maximum Gasteiger partial charge on any atom is 0.0866 e. The van der Waals surface area contributed by atoms with Crippen molar-refractivity contribution >= 4 is 15.9 Å². The minimum absolute atomic E-state index is 0. The lowest BCUT2D eigenvalue weighted by molar-refractivity contribution is -0.366. The summed E-state index contributed by atoms with van der Waals surface area (Å²) in [5.41, 5.74) is 3.79. The third kappa shape index (κ3) is 8.73. The lowest BCUT2D eigenvalue weighted by atomic mass is 10.2. The van der Waals surface area contributed by atoms with Crippen molar-refractivity contribution in [3.63, 3.8) is 0 Å². The Morgan fingerprint density at radius 3 is 2.44 bits per heavy atom. The number of quaternary nitrogens is 1. The molecule has 0 rings (SSSR count). The first-order chi connectivity index (χ1) is 3.81. The van der Waals surface area contributed by atoms with E-state index in [1.807, 2.05) is 0 Å². The van der Waals surface area contributed by atoms with Crippen molar-refractivity contribution < 1.29 is 18.1 Å². The van der Waals surface area contributed by atoms with Gasteiger partial charge in [0.1, 0.15) is 0 Å². The molecule has 0 aromatic carbocycles. The highest BCUT2D eigenvalue weighted by atomic mass is 79.9. The van der Waals surface area contributed by atoms with Crippen molar-refractivity contribution in [2.24, 2.45) is 0 Å². The molecule has 1 atom stereocenters. The number of hydrogen-bond acceptors (Lipinski definition) is 0. The average molecular weight is 217 g/mol. The minimum atomic E-state index is 0. The van der Waals surface area contributed by atoms with Gasteiger partial charge in [-0.25, -0.2) is 0 Å². The van der Waals surface area contributed by atoms with Crippen LogP contribution in [0.4, 0.5) is 0 Å². The Bertz CT molecular complexity index is 52.3. The second kappa shape index (κ2) is 8.73. The molecule has 0 aliphatic heterocycles. The molecule has 0 aromatic rings. The minimum Gasteiger partial charge on any atom is -1.00 e. The monoisotopic (exact) mass is 215 g/mol. The molecule has 3 heteroatoms. The number of rotatable bonds is 4. The van der Waals surface area contributed by atoms with Crippen molar-refractivity contribution in [3.8, 4) is 0 Å². The van der Waals surface area contributed by atoms with Gasteiger partial charge in [0.15, 0.2) is 0 Å². The van der Waals surface area contributed by atoms with Crippen LogP contribution in [0.2, 0.25) is 0 Å². The van der Waals surface area contributed by atoms with Gasteiger partial charge in [-0.05, 0) is 6.42 Å². The Morgan fingerprint density at radius 2 is 2.11 bits per heavy atom. The van der Waals surface area contributed by atoms with Gasteiger partial charge >= 0.3 is 0 Å². The third-order valence-electron chi connectivity index (χ3n) is 1.18. The van der Waals surface area contributed by atoms with Gasteiger partial charge in [-0.3, -0.25) is 0 Å². The van der Waals surface area contributed by atoms with Crippen LogP contribution in [0.3, 0.4) is 0 Å². The van der Waals surface area contributed by atoms with Crippen LogP contribution in [0, 0.1) is 0 Å². The number of hydrogen-bond donors (Lipinski definition) is 1. The zero-order valence-corrected chi connectivity index (χ0v) is 8.21. The van der Waals surface area contributed by atoms with Crippen molar-refractivity contribution in [1.29, 1.82) is 0 Å². The van der Waals surface area contributed by atoms with Gasteiger partial charge in [-0.1, -0.05) is 35.7 Å². The molecule has 0 saturated heterocycles. The van der Waals surface area contributed by atoms with E-state index in [1.165, 1.54) is 19.3 Å². The highest BCUT2D eigenvalue weighted by molar-refractivity contribution is 9.09. The molecule has 0 spiro atoms. The van der Waals surface area contributed by atoms with Crippen molar-refractivity contribution in [2.45, 2.75) is 31.0 Å². The number of unbranched alkanes of at least 4 members (excludes halogenated alkanes) is 1. The summed E-state index contributed by atoms with van der Waals surface area (Å²) in [6.45, 7) is 3.23. The summed E-state index contributed by atoms with van der Waals surface area (Å²) >= 11 is 3.52. The molecule has 9 heavy (non-hydrogen) atoms. The molecular formula is C6H15BrClN. The quantitative estimate of drug-likeness (QED) is 0.537. The van der Waals surface area contributed by atoms with Gasteiger partial charge in [0, 0.05) is 0 Å². The molecule has 0 amide bonds. The fourth-order valence-corrected chi connectivity index (χ4v) is 0.894. The molecule has 0 saturated carbocycles. The summed E-state index contributed by atoms with van der Waals surface area (Å²) in [6.07, 6.45) is 3.90. The molecule has 3 N–H and O–H groups in total. The molecule has 0 heterocycles. The molecule has 0 fully saturated rings. The standard InChI is InChI=1S/C6H14BrN.ClH/c1-2-3-4-6(7)5-8;/h6H,2-5,8H2,1H3;1H. The van der Waals surface area contributed by atoms with Gasteiger partial charge in [0.2, 0.25) is 0 Å².